The monoisotopic (exact) mass is 245 g/mol. The van der Waals surface area contributed by atoms with Gasteiger partial charge in [-0.25, -0.2) is 0 Å². The molecule has 3 unspecified atom stereocenters. The Labute approximate surface area is 107 Å². The molecule has 3 nitrogen and oxygen atoms in total. The fourth-order valence-electron chi connectivity index (χ4n) is 3.54. The fraction of sp³-hybridized carbons (Fsp3) is 0.533. The third-order valence-electron chi connectivity index (χ3n) is 4.48. The van der Waals surface area contributed by atoms with Crippen LogP contribution in [-0.2, 0) is 4.79 Å². The summed E-state index contributed by atoms with van der Waals surface area (Å²) in [4.78, 5) is 12.2. The molecular formula is C15H19NO2. The predicted molar refractivity (Wildman–Crippen MR) is 70.4 cm³/mol. The van der Waals surface area contributed by atoms with Gasteiger partial charge in [0.15, 0.2) is 0 Å². The van der Waals surface area contributed by atoms with E-state index >= 15 is 0 Å². The fourth-order valence-corrected chi connectivity index (χ4v) is 3.54. The molecular weight excluding hydrogens is 226 g/mol. The number of amides is 1. The van der Waals surface area contributed by atoms with Gasteiger partial charge in [0.1, 0.15) is 5.75 Å². The predicted octanol–water partition coefficient (Wildman–Crippen LogP) is 3.08. The van der Waals surface area contributed by atoms with Crippen molar-refractivity contribution in [2.75, 3.05) is 5.32 Å². The van der Waals surface area contributed by atoms with Crippen LogP contribution in [0.3, 0.4) is 0 Å². The van der Waals surface area contributed by atoms with Crippen molar-refractivity contribution in [1.82, 2.24) is 0 Å². The third kappa shape index (κ3) is 1.98. The molecule has 0 spiro atoms. The number of anilines is 1. The number of benzene rings is 1. The molecule has 3 atom stereocenters. The average Bonchev–Trinajstić information content (AvgIpc) is 2.96. The highest BCUT2D eigenvalue weighted by Gasteiger charge is 2.43. The van der Waals surface area contributed by atoms with Gasteiger partial charge in [-0.05, 0) is 55.7 Å². The highest BCUT2D eigenvalue weighted by molar-refractivity contribution is 5.94. The molecule has 2 saturated carbocycles. The SMILES string of the molecule is Cc1ccc(O)c(NC(=O)C2CC3CCC2C3)c1. The largest absolute Gasteiger partial charge is 0.506 e. The van der Waals surface area contributed by atoms with Gasteiger partial charge in [-0.15, -0.1) is 0 Å². The molecule has 3 heteroatoms. The van der Waals surface area contributed by atoms with E-state index in [1.165, 1.54) is 19.3 Å². The quantitative estimate of drug-likeness (QED) is 0.787. The van der Waals surface area contributed by atoms with Crippen LogP contribution in [0.1, 0.15) is 31.2 Å². The van der Waals surface area contributed by atoms with Crippen LogP contribution >= 0.6 is 0 Å². The minimum atomic E-state index is 0.0862. The molecule has 2 fully saturated rings. The van der Waals surface area contributed by atoms with Crippen molar-refractivity contribution in [2.24, 2.45) is 17.8 Å². The van der Waals surface area contributed by atoms with Gasteiger partial charge in [-0.2, -0.15) is 0 Å². The second-order valence-corrected chi connectivity index (χ2v) is 5.79. The van der Waals surface area contributed by atoms with Gasteiger partial charge in [-0.3, -0.25) is 4.79 Å². The normalized spacial score (nSPS) is 29.5. The number of aryl methyl sites for hydroxylation is 1. The lowest BCUT2D eigenvalue weighted by atomic mass is 9.88. The van der Waals surface area contributed by atoms with Crippen molar-refractivity contribution in [2.45, 2.75) is 32.6 Å². The summed E-state index contributed by atoms with van der Waals surface area (Å²) in [5.74, 6) is 1.72. The summed E-state index contributed by atoms with van der Waals surface area (Å²) in [6.45, 7) is 1.95. The molecule has 2 aliphatic carbocycles. The van der Waals surface area contributed by atoms with Crippen molar-refractivity contribution >= 4 is 11.6 Å². The molecule has 0 aromatic heterocycles. The highest BCUT2D eigenvalue weighted by Crippen LogP contribution is 2.48. The number of hydrogen-bond acceptors (Lipinski definition) is 2. The smallest absolute Gasteiger partial charge is 0.227 e. The zero-order chi connectivity index (χ0) is 12.7. The molecule has 1 aromatic rings. The lowest BCUT2D eigenvalue weighted by Gasteiger charge is -2.21. The molecule has 2 N–H and O–H groups in total. The molecule has 1 aromatic carbocycles. The van der Waals surface area contributed by atoms with E-state index in [9.17, 15) is 9.90 Å². The number of fused-ring (bicyclic) bond motifs is 2. The summed E-state index contributed by atoms with van der Waals surface area (Å²) in [6, 6.07) is 5.29. The van der Waals surface area contributed by atoms with Gasteiger partial charge in [0.05, 0.1) is 5.69 Å². The third-order valence-corrected chi connectivity index (χ3v) is 4.48. The molecule has 0 radical (unpaired) electrons. The van der Waals surface area contributed by atoms with Crippen LogP contribution in [0, 0.1) is 24.7 Å². The molecule has 2 bridgehead atoms. The highest BCUT2D eigenvalue weighted by atomic mass is 16.3. The number of phenols is 1. The van der Waals surface area contributed by atoms with Gasteiger partial charge < -0.3 is 10.4 Å². The molecule has 2 aliphatic rings. The van der Waals surface area contributed by atoms with Crippen molar-refractivity contribution in [1.29, 1.82) is 0 Å². The summed E-state index contributed by atoms with van der Waals surface area (Å²) in [6.07, 6.45) is 4.74. The van der Waals surface area contributed by atoms with Crippen LogP contribution in [0.15, 0.2) is 18.2 Å². The van der Waals surface area contributed by atoms with E-state index in [-0.39, 0.29) is 17.6 Å². The van der Waals surface area contributed by atoms with Crippen LogP contribution in [0.2, 0.25) is 0 Å². The Balaban J connectivity index is 1.72. The number of carbonyl (C=O) groups is 1. The van der Waals surface area contributed by atoms with E-state index in [0.717, 1.165) is 17.9 Å². The number of rotatable bonds is 2. The maximum atomic E-state index is 12.2. The molecule has 3 rings (SSSR count). The molecule has 18 heavy (non-hydrogen) atoms. The summed E-state index contributed by atoms with van der Waals surface area (Å²) >= 11 is 0. The maximum absolute atomic E-state index is 12.2. The van der Waals surface area contributed by atoms with Crippen molar-refractivity contribution in [3.8, 4) is 5.75 Å². The Bertz CT molecular complexity index is 483. The van der Waals surface area contributed by atoms with E-state index in [4.69, 9.17) is 0 Å². The van der Waals surface area contributed by atoms with Crippen LogP contribution in [0.5, 0.6) is 5.75 Å². The van der Waals surface area contributed by atoms with Gasteiger partial charge in [0.2, 0.25) is 5.91 Å². The first-order valence-electron chi connectivity index (χ1n) is 6.74. The zero-order valence-electron chi connectivity index (χ0n) is 10.6. The van der Waals surface area contributed by atoms with Gasteiger partial charge in [-0.1, -0.05) is 12.5 Å². The lowest BCUT2D eigenvalue weighted by Crippen LogP contribution is -2.27. The number of aromatic hydroxyl groups is 1. The topological polar surface area (TPSA) is 49.3 Å². The summed E-state index contributed by atoms with van der Waals surface area (Å²) in [5, 5.41) is 12.6. The van der Waals surface area contributed by atoms with E-state index in [1.54, 1.807) is 6.07 Å². The Kier molecular flexibility index (Phi) is 2.77. The first kappa shape index (κ1) is 11.6. The minimum absolute atomic E-state index is 0.0862. The lowest BCUT2D eigenvalue weighted by molar-refractivity contribution is -0.121. The zero-order valence-corrected chi connectivity index (χ0v) is 10.6. The average molecular weight is 245 g/mol. The molecule has 0 saturated heterocycles. The minimum Gasteiger partial charge on any atom is -0.506 e. The van der Waals surface area contributed by atoms with Gasteiger partial charge in [0, 0.05) is 5.92 Å². The van der Waals surface area contributed by atoms with Gasteiger partial charge >= 0.3 is 0 Å². The van der Waals surface area contributed by atoms with Crippen LogP contribution in [0.4, 0.5) is 5.69 Å². The Morgan fingerprint density at radius 3 is 2.83 bits per heavy atom. The number of carbonyl (C=O) groups excluding carboxylic acids is 1. The summed E-state index contributed by atoms with van der Waals surface area (Å²) in [7, 11) is 0. The van der Waals surface area contributed by atoms with Crippen molar-refractivity contribution < 1.29 is 9.90 Å². The summed E-state index contributed by atoms with van der Waals surface area (Å²) < 4.78 is 0. The maximum Gasteiger partial charge on any atom is 0.227 e. The first-order valence-corrected chi connectivity index (χ1v) is 6.74. The van der Waals surface area contributed by atoms with Gasteiger partial charge in [0.25, 0.3) is 0 Å². The Morgan fingerprint density at radius 1 is 1.33 bits per heavy atom. The van der Waals surface area contributed by atoms with Crippen molar-refractivity contribution in [3.05, 3.63) is 23.8 Å². The number of nitrogens with one attached hydrogen (secondary N) is 1. The number of hydrogen-bond donors (Lipinski definition) is 2. The second kappa shape index (κ2) is 4.30. The van der Waals surface area contributed by atoms with E-state index in [2.05, 4.69) is 5.32 Å². The Hall–Kier alpha value is -1.51. The molecule has 0 heterocycles. The Morgan fingerprint density at radius 2 is 2.17 bits per heavy atom. The summed E-state index contributed by atoms with van der Waals surface area (Å²) in [5.41, 5.74) is 1.58. The second-order valence-electron chi connectivity index (χ2n) is 5.79. The van der Waals surface area contributed by atoms with E-state index in [1.807, 2.05) is 19.1 Å². The number of phenolic OH excluding ortho intramolecular Hbond substituents is 1. The standard InChI is InChI=1S/C15H19NO2/c1-9-2-5-14(17)13(6-9)16-15(18)12-8-10-3-4-11(12)7-10/h2,5-6,10-12,17H,3-4,7-8H2,1H3,(H,16,18). The molecule has 1 amide bonds. The van der Waals surface area contributed by atoms with Crippen molar-refractivity contribution in [3.63, 3.8) is 0 Å². The van der Waals surface area contributed by atoms with E-state index < -0.39 is 0 Å². The van der Waals surface area contributed by atoms with E-state index in [0.29, 0.717) is 11.6 Å². The first-order chi connectivity index (χ1) is 8.63. The van der Waals surface area contributed by atoms with Crippen LogP contribution < -0.4 is 5.32 Å². The molecule has 0 aliphatic heterocycles. The van der Waals surface area contributed by atoms with Crippen LogP contribution in [-0.4, -0.2) is 11.0 Å². The van der Waals surface area contributed by atoms with Crippen LogP contribution in [0.25, 0.3) is 0 Å². The molecule has 96 valence electrons.